The van der Waals surface area contributed by atoms with E-state index in [9.17, 15) is 4.79 Å². The van der Waals surface area contributed by atoms with E-state index in [0.717, 1.165) is 5.69 Å². The first-order valence-corrected chi connectivity index (χ1v) is 2.90. The number of aromatic nitrogens is 1. The molecule has 3 heteroatoms. The van der Waals surface area contributed by atoms with Crippen LogP contribution in [0.2, 0.25) is 0 Å². The molecule has 0 aromatic carbocycles. The average Bonchev–Trinajstić information content (AvgIpc) is 1.88. The highest BCUT2D eigenvalue weighted by atomic mass is 16.1. The van der Waals surface area contributed by atoms with Gasteiger partial charge in [-0.1, -0.05) is 6.07 Å². The van der Waals surface area contributed by atoms with E-state index in [2.05, 4.69) is 4.98 Å². The second-order valence-corrected chi connectivity index (χ2v) is 1.99. The molecule has 0 unspecified atom stereocenters. The maximum Gasteiger partial charge on any atom is 0.288 e. The number of amides is 1. The van der Waals surface area contributed by atoms with Gasteiger partial charge in [-0.15, -0.1) is 0 Å². The van der Waals surface area contributed by atoms with Crippen LogP contribution in [0.4, 0.5) is 0 Å². The van der Waals surface area contributed by atoms with E-state index in [1.165, 1.54) is 6.07 Å². The molecule has 0 saturated heterocycles. The molecule has 0 saturated carbocycles. The van der Waals surface area contributed by atoms with Crippen LogP contribution in [0.25, 0.3) is 0 Å². The first-order valence-electron chi connectivity index (χ1n) is 2.90. The van der Waals surface area contributed by atoms with Gasteiger partial charge in [0, 0.05) is 5.69 Å². The lowest BCUT2D eigenvalue weighted by Gasteiger charge is -1.92. The lowest BCUT2D eigenvalue weighted by atomic mass is 10.3. The second-order valence-electron chi connectivity index (χ2n) is 1.99. The summed E-state index contributed by atoms with van der Waals surface area (Å²) in [4.78, 5) is 14.2. The third-order valence-corrected chi connectivity index (χ3v) is 1.12. The fourth-order valence-corrected chi connectivity index (χ4v) is 0.670. The third-order valence-electron chi connectivity index (χ3n) is 1.12. The molecule has 1 N–H and O–H groups in total. The Morgan fingerprint density at radius 1 is 1.60 bits per heavy atom. The van der Waals surface area contributed by atoms with E-state index >= 15 is 0 Å². The first kappa shape index (κ1) is 6.74. The van der Waals surface area contributed by atoms with E-state index in [-0.39, 0.29) is 5.69 Å². The van der Waals surface area contributed by atoms with Crippen LogP contribution in [0, 0.1) is 6.92 Å². The third kappa shape index (κ3) is 1.31. The summed E-state index contributed by atoms with van der Waals surface area (Å²) in [5.41, 5.74) is 7.68. The van der Waals surface area contributed by atoms with Crippen molar-refractivity contribution in [3.63, 3.8) is 0 Å². The van der Waals surface area contributed by atoms with Crippen molar-refractivity contribution in [1.29, 1.82) is 0 Å². The molecule has 0 spiro atoms. The number of rotatable bonds is 1. The molecule has 0 atom stereocenters. The van der Waals surface area contributed by atoms with Crippen molar-refractivity contribution in [1.82, 2.24) is 10.7 Å². The van der Waals surface area contributed by atoms with E-state index in [4.69, 9.17) is 5.73 Å². The van der Waals surface area contributed by atoms with Gasteiger partial charge in [0.2, 0.25) is 0 Å². The second kappa shape index (κ2) is 2.47. The Morgan fingerprint density at radius 2 is 2.30 bits per heavy atom. The van der Waals surface area contributed by atoms with Crippen molar-refractivity contribution in [2.24, 2.45) is 0 Å². The standard InChI is InChI=1S/C7H7N2O/c1-5-3-2-4-6(9-5)7(8)10/h2-4,8H,1H3. The summed E-state index contributed by atoms with van der Waals surface area (Å²) in [6.45, 7) is 1.78. The lowest BCUT2D eigenvalue weighted by Crippen LogP contribution is -2.02. The van der Waals surface area contributed by atoms with Crippen molar-refractivity contribution >= 4 is 5.91 Å². The van der Waals surface area contributed by atoms with Gasteiger partial charge in [0.05, 0.1) is 0 Å². The molecule has 51 valence electrons. The van der Waals surface area contributed by atoms with E-state index in [1.807, 2.05) is 0 Å². The Bertz CT molecular complexity index is 258. The molecule has 0 bridgehead atoms. The number of carbonyl (C=O) groups excluding carboxylic acids is 1. The molecule has 3 nitrogen and oxygen atoms in total. The zero-order valence-corrected chi connectivity index (χ0v) is 5.59. The van der Waals surface area contributed by atoms with Gasteiger partial charge < -0.3 is 0 Å². The summed E-state index contributed by atoms with van der Waals surface area (Å²) in [5.74, 6) is -0.733. The number of hydrogen-bond acceptors (Lipinski definition) is 2. The zero-order valence-electron chi connectivity index (χ0n) is 5.59. The molecule has 0 fully saturated rings. The van der Waals surface area contributed by atoms with Crippen molar-refractivity contribution in [2.75, 3.05) is 0 Å². The molecule has 0 aliphatic heterocycles. The quantitative estimate of drug-likeness (QED) is 0.572. The van der Waals surface area contributed by atoms with Gasteiger partial charge in [-0.3, -0.25) is 10.5 Å². The number of carbonyl (C=O) groups is 1. The monoisotopic (exact) mass is 135 g/mol. The fourth-order valence-electron chi connectivity index (χ4n) is 0.670. The van der Waals surface area contributed by atoms with Crippen molar-refractivity contribution in [2.45, 2.75) is 6.92 Å². The van der Waals surface area contributed by atoms with Crippen LogP contribution in [-0.2, 0) is 0 Å². The smallest absolute Gasteiger partial charge is 0.266 e. The topological polar surface area (TPSA) is 53.8 Å². The summed E-state index contributed by atoms with van der Waals surface area (Å²) in [7, 11) is 0. The minimum Gasteiger partial charge on any atom is -0.266 e. The van der Waals surface area contributed by atoms with Crippen molar-refractivity contribution in [3.05, 3.63) is 29.6 Å². The van der Waals surface area contributed by atoms with Gasteiger partial charge >= 0.3 is 0 Å². The van der Waals surface area contributed by atoms with E-state index in [0.29, 0.717) is 0 Å². The Labute approximate surface area is 58.9 Å². The van der Waals surface area contributed by atoms with Crippen molar-refractivity contribution in [3.8, 4) is 0 Å². The lowest BCUT2D eigenvalue weighted by molar-refractivity contribution is 0.0987. The molecular formula is C7H7N2O. The molecule has 1 radical (unpaired) electrons. The zero-order chi connectivity index (χ0) is 7.56. The van der Waals surface area contributed by atoms with Crippen LogP contribution in [0.15, 0.2) is 18.2 Å². The highest BCUT2D eigenvalue weighted by Gasteiger charge is 1.99. The van der Waals surface area contributed by atoms with Gasteiger partial charge in [0.1, 0.15) is 5.69 Å². The minimum absolute atomic E-state index is 0.208. The van der Waals surface area contributed by atoms with Gasteiger partial charge in [-0.25, -0.2) is 4.98 Å². The van der Waals surface area contributed by atoms with Crippen LogP contribution in [0.1, 0.15) is 16.2 Å². The van der Waals surface area contributed by atoms with Gasteiger partial charge in [0.25, 0.3) is 5.91 Å². The normalized spacial score (nSPS) is 9.30. The number of nitrogens with one attached hydrogen (secondary N) is 1. The minimum atomic E-state index is -0.733. The molecule has 1 aromatic heterocycles. The largest absolute Gasteiger partial charge is 0.288 e. The summed E-state index contributed by atoms with van der Waals surface area (Å²) in [6.07, 6.45) is 0. The van der Waals surface area contributed by atoms with Crippen molar-refractivity contribution < 1.29 is 4.79 Å². The number of aryl methyl sites for hydroxylation is 1. The Morgan fingerprint density at radius 3 is 2.70 bits per heavy atom. The molecule has 1 heterocycles. The Hall–Kier alpha value is -1.38. The summed E-state index contributed by atoms with van der Waals surface area (Å²) >= 11 is 0. The Kier molecular flexibility index (Phi) is 1.67. The van der Waals surface area contributed by atoms with Gasteiger partial charge in [-0.2, -0.15) is 0 Å². The van der Waals surface area contributed by atoms with Crippen LogP contribution >= 0.6 is 0 Å². The number of hydrogen-bond donors (Lipinski definition) is 0. The average molecular weight is 135 g/mol. The first-order chi connectivity index (χ1) is 4.70. The molecule has 0 aliphatic carbocycles. The molecular weight excluding hydrogens is 128 g/mol. The van der Waals surface area contributed by atoms with Gasteiger partial charge in [-0.05, 0) is 19.1 Å². The number of pyridine rings is 1. The molecule has 0 aliphatic rings. The van der Waals surface area contributed by atoms with Crippen LogP contribution < -0.4 is 5.73 Å². The summed E-state index contributed by atoms with van der Waals surface area (Å²) < 4.78 is 0. The van der Waals surface area contributed by atoms with Crippen LogP contribution in [-0.4, -0.2) is 10.9 Å². The highest BCUT2D eigenvalue weighted by Crippen LogP contribution is 1.96. The van der Waals surface area contributed by atoms with E-state index in [1.54, 1.807) is 19.1 Å². The van der Waals surface area contributed by atoms with Crippen LogP contribution in [0.5, 0.6) is 0 Å². The maximum atomic E-state index is 10.4. The SMILES string of the molecule is Cc1cccc(C([NH])=O)n1. The fraction of sp³-hybridized carbons (Fsp3) is 0.143. The maximum absolute atomic E-state index is 10.4. The predicted molar refractivity (Wildman–Crippen MR) is 36.4 cm³/mol. The summed E-state index contributed by atoms with van der Waals surface area (Å²) in [6, 6.07) is 5.03. The molecule has 1 rings (SSSR count). The molecule has 1 amide bonds. The summed E-state index contributed by atoms with van der Waals surface area (Å²) in [5, 5.41) is 0. The predicted octanol–water partition coefficient (Wildman–Crippen LogP) is 0.813. The number of nitrogens with zero attached hydrogens (tertiary/aromatic N) is 1. The highest BCUT2D eigenvalue weighted by molar-refractivity contribution is 5.90. The Balaban J connectivity index is 3.07. The van der Waals surface area contributed by atoms with E-state index < -0.39 is 5.91 Å². The van der Waals surface area contributed by atoms with Crippen LogP contribution in [0.3, 0.4) is 0 Å². The molecule has 1 aromatic rings. The van der Waals surface area contributed by atoms with Gasteiger partial charge in [0.15, 0.2) is 0 Å². The molecule has 10 heavy (non-hydrogen) atoms.